The number of carbonyl (C=O) groups is 3. The van der Waals surface area contributed by atoms with Gasteiger partial charge >= 0.3 is 0 Å². The van der Waals surface area contributed by atoms with Gasteiger partial charge in [0, 0.05) is 34.9 Å². The molecule has 4 aromatic carbocycles. The SMILES string of the molecule is CCCCOc1cc(OC)c(-c2c(C)c(-c3cc(C=O)c(OCCCC)cc3OC)c(C)c(-c3cc(C=O)c(OCCCC)cc3OC)c2C)cc1C=O. The van der Waals surface area contributed by atoms with E-state index in [9.17, 15) is 14.4 Å². The molecule has 0 spiro atoms. The highest BCUT2D eigenvalue weighted by atomic mass is 16.5. The van der Waals surface area contributed by atoms with Gasteiger partial charge in [0.25, 0.3) is 0 Å². The number of benzene rings is 4. The number of aldehydes is 3. The summed E-state index contributed by atoms with van der Waals surface area (Å²) in [7, 11) is 4.76. The van der Waals surface area contributed by atoms with Crippen molar-refractivity contribution < 1.29 is 42.8 Å². The van der Waals surface area contributed by atoms with Crippen molar-refractivity contribution in [1.82, 2.24) is 0 Å². The van der Waals surface area contributed by atoms with Crippen LogP contribution in [0.1, 0.15) is 107 Å². The molecule has 0 saturated carbocycles. The molecule has 0 aliphatic carbocycles. The van der Waals surface area contributed by atoms with E-state index >= 15 is 0 Å². The quantitative estimate of drug-likeness (QED) is 0.0610. The summed E-state index contributed by atoms with van der Waals surface area (Å²) >= 11 is 0. The van der Waals surface area contributed by atoms with Crippen LogP contribution in [-0.2, 0) is 0 Å². The van der Waals surface area contributed by atoms with Gasteiger partial charge in [-0.15, -0.1) is 0 Å². The molecule has 0 unspecified atom stereocenters. The van der Waals surface area contributed by atoms with Crippen molar-refractivity contribution in [2.45, 2.75) is 80.1 Å². The third kappa shape index (κ3) is 8.73. The van der Waals surface area contributed by atoms with Gasteiger partial charge in [-0.3, -0.25) is 14.4 Å². The summed E-state index contributed by atoms with van der Waals surface area (Å²) in [5.74, 6) is 2.86. The van der Waals surface area contributed by atoms with Crippen LogP contribution in [0.5, 0.6) is 34.5 Å². The Labute approximate surface area is 319 Å². The van der Waals surface area contributed by atoms with Crippen LogP contribution in [0.3, 0.4) is 0 Å². The van der Waals surface area contributed by atoms with Crippen molar-refractivity contribution in [3.63, 3.8) is 0 Å². The fourth-order valence-electron chi connectivity index (χ4n) is 6.89. The Morgan fingerprint density at radius 3 is 0.889 bits per heavy atom. The number of carbonyl (C=O) groups excluding carboxylic acids is 3. The normalized spacial score (nSPS) is 10.8. The van der Waals surface area contributed by atoms with Crippen LogP contribution in [0, 0.1) is 20.8 Å². The Morgan fingerprint density at radius 1 is 0.426 bits per heavy atom. The van der Waals surface area contributed by atoms with Gasteiger partial charge in [0.05, 0.1) is 57.8 Å². The number of methoxy groups -OCH3 is 3. The smallest absolute Gasteiger partial charge is 0.153 e. The molecular formula is C45H54O9. The van der Waals surface area contributed by atoms with Crippen LogP contribution in [0.25, 0.3) is 33.4 Å². The second kappa shape index (κ2) is 19.7. The van der Waals surface area contributed by atoms with Crippen LogP contribution in [0.2, 0.25) is 0 Å². The van der Waals surface area contributed by atoms with Gasteiger partial charge in [0.1, 0.15) is 34.5 Å². The molecular weight excluding hydrogens is 684 g/mol. The number of unbranched alkanes of at least 4 members (excludes halogenated alkanes) is 3. The molecule has 54 heavy (non-hydrogen) atoms. The summed E-state index contributed by atoms with van der Waals surface area (Å²) < 4.78 is 36.1. The molecule has 0 atom stereocenters. The van der Waals surface area contributed by atoms with E-state index in [1.165, 1.54) is 0 Å². The van der Waals surface area contributed by atoms with Crippen molar-refractivity contribution in [3.8, 4) is 67.9 Å². The predicted octanol–water partition coefficient (Wildman–Crippen LogP) is 10.6. The first kappa shape index (κ1) is 41.4. The average molecular weight is 739 g/mol. The number of rotatable bonds is 21. The summed E-state index contributed by atoms with van der Waals surface area (Å²) in [6.45, 7) is 13.6. The van der Waals surface area contributed by atoms with Gasteiger partial charge in [-0.05, 0) is 91.6 Å². The Balaban J connectivity index is 2.17. The minimum Gasteiger partial charge on any atom is -0.496 e. The number of hydrogen-bond acceptors (Lipinski definition) is 9. The van der Waals surface area contributed by atoms with E-state index in [4.69, 9.17) is 28.4 Å². The molecule has 4 rings (SSSR count). The fraction of sp³-hybridized carbons (Fsp3) is 0.400. The maximum atomic E-state index is 12.6. The van der Waals surface area contributed by atoms with Crippen LogP contribution >= 0.6 is 0 Å². The molecule has 0 fully saturated rings. The van der Waals surface area contributed by atoms with E-state index in [2.05, 4.69) is 20.8 Å². The number of hydrogen-bond donors (Lipinski definition) is 0. The van der Waals surface area contributed by atoms with Gasteiger partial charge in [-0.25, -0.2) is 0 Å². The van der Waals surface area contributed by atoms with Crippen LogP contribution in [-0.4, -0.2) is 60.0 Å². The molecule has 9 nitrogen and oxygen atoms in total. The van der Waals surface area contributed by atoms with E-state index in [0.29, 0.717) is 87.7 Å². The van der Waals surface area contributed by atoms with Crippen LogP contribution in [0.4, 0.5) is 0 Å². The van der Waals surface area contributed by atoms with E-state index in [-0.39, 0.29) is 0 Å². The maximum absolute atomic E-state index is 12.6. The lowest BCUT2D eigenvalue weighted by molar-refractivity contribution is 0.111. The molecule has 0 aromatic heterocycles. The molecule has 0 aliphatic heterocycles. The van der Waals surface area contributed by atoms with Crippen molar-refractivity contribution >= 4 is 18.9 Å². The molecule has 288 valence electrons. The molecule has 4 aromatic rings. The molecule has 0 aliphatic rings. The Morgan fingerprint density at radius 2 is 0.685 bits per heavy atom. The monoisotopic (exact) mass is 738 g/mol. The van der Waals surface area contributed by atoms with E-state index < -0.39 is 0 Å². The highest BCUT2D eigenvalue weighted by Crippen LogP contribution is 2.51. The van der Waals surface area contributed by atoms with Crippen LogP contribution in [0.15, 0.2) is 36.4 Å². The molecule has 0 radical (unpaired) electrons. The first-order chi connectivity index (χ1) is 26.2. The van der Waals surface area contributed by atoms with Crippen molar-refractivity contribution in [3.05, 3.63) is 69.8 Å². The summed E-state index contributed by atoms with van der Waals surface area (Å²) in [6.07, 6.45) is 7.72. The zero-order valence-corrected chi connectivity index (χ0v) is 33.2. The maximum Gasteiger partial charge on any atom is 0.153 e. The minimum atomic E-state index is 0.383. The minimum absolute atomic E-state index is 0.383. The summed E-state index contributed by atoms with van der Waals surface area (Å²) in [5.41, 5.74) is 8.10. The lowest BCUT2D eigenvalue weighted by Crippen LogP contribution is -2.07. The van der Waals surface area contributed by atoms with Gasteiger partial charge < -0.3 is 28.4 Å². The molecule has 0 amide bonds. The number of ether oxygens (including phenoxy) is 6. The zero-order chi connectivity index (χ0) is 39.4. The van der Waals surface area contributed by atoms with Crippen LogP contribution < -0.4 is 28.4 Å². The summed E-state index contributed by atoms with van der Waals surface area (Å²) in [5, 5.41) is 0. The lowest BCUT2D eigenvalue weighted by Gasteiger charge is -2.27. The molecule has 0 N–H and O–H groups in total. The topological polar surface area (TPSA) is 107 Å². The fourth-order valence-corrected chi connectivity index (χ4v) is 6.89. The Bertz CT molecular complexity index is 1720. The molecule has 0 heterocycles. The van der Waals surface area contributed by atoms with Gasteiger partial charge in [0.15, 0.2) is 18.9 Å². The van der Waals surface area contributed by atoms with Crippen molar-refractivity contribution in [2.75, 3.05) is 41.2 Å². The zero-order valence-electron chi connectivity index (χ0n) is 33.2. The third-order valence-electron chi connectivity index (χ3n) is 9.70. The predicted molar refractivity (Wildman–Crippen MR) is 214 cm³/mol. The molecule has 9 heteroatoms. The highest BCUT2D eigenvalue weighted by Gasteiger charge is 2.28. The average Bonchev–Trinajstić information content (AvgIpc) is 3.18. The van der Waals surface area contributed by atoms with E-state index in [1.54, 1.807) is 57.7 Å². The Hall–Kier alpha value is -5.31. The summed E-state index contributed by atoms with van der Waals surface area (Å²) in [6, 6.07) is 10.7. The Kier molecular flexibility index (Phi) is 15.1. The second-order valence-electron chi connectivity index (χ2n) is 13.2. The van der Waals surface area contributed by atoms with Gasteiger partial charge in [-0.1, -0.05) is 40.0 Å². The van der Waals surface area contributed by atoms with Crippen molar-refractivity contribution in [1.29, 1.82) is 0 Å². The highest BCUT2D eigenvalue weighted by molar-refractivity contribution is 5.98. The van der Waals surface area contributed by atoms with E-state index in [0.717, 1.165) is 90.8 Å². The standard InChI is InChI=1S/C45H54O9/c1-10-13-16-52-37-22-40(49-7)34(19-31(37)25-46)43-28(4)44(35-20-32(26-47)38(23-41(35)50-8)53-17-14-11-2)30(6)45(29(43)5)36-21-33(27-48)39(24-42(36)51-9)54-18-15-12-3/h19-27H,10-18H2,1-9H3. The first-order valence-electron chi connectivity index (χ1n) is 18.7. The van der Waals surface area contributed by atoms with E-state index in [1.807, 2.05) is 20.8 Å². The van der Waals surface area contributed by atoms with Gasteiger partial charge in [-0.2, -0.15) is 0 Å². The summed E-state index contributed by atoms with van der Waals surface area (Å²) in [4.78, 5) is 37.7. The molecule has 0 bridgehead atoms. The van der Waals surface area contributed by atoms with Crippen molar-refractivity contribution in [2.24, 2.45) is 0 Å². The van der Waals surface area contributed by atoms with Gasteiger partial charge in [0.2, 0.25) is 0 Å². The molecule has 0 saturated heterocycles. The second-order valence-corrected chi connectivity index (χ2v) is 13.2. The lowest BCUT2D eigenvalue weighted by atomic mass is 9.79. The largest absolute Gasteiger partial charge is 0.496 e. The third-order valence-corrected chi connectivity index (χ3v) is 9.70. The first-order valence-corrected chi connectivity index (χ1v) is 18.7.